The molecule has 0 saturated heterocycles. The van der Waals surface area contributed by atoms with Crippen LogP contribution in [0.25, 0.3) is 21.5 Å². The Morgan fingerprint density at radius 3 is 1.57 bits per heavy atom. The Morgan fingerprint density at radius 1 is 0.491 bits per heavy atom. The largest absolute Gasteiger partial charge is 0.505 e. The molecular formula is C26H20N6O16S5. The molecule has 0 heterocycles. The number of phenolic OH excluding ortho intramolecular Hbond substituents is 1. The van der Waals surface area contributed by atoms with Crippen molar-refractivity contribution in [1.29, 1.82) is 0 Å². The molecule has 0 fully saturated rings. The van der Waals surface area contributed by atoms with Crippen LogP contribution in [0, 0.1) is 0 Å². The highest BCUT2D eigenvalue weighted by atomic mass is 32.2. The number of hydrogen-bond acceptors (Lipinski definition) is 17. The first-order valence-electron chi connectivity index (χ1n) is 13.5. The molecule has 0 spiro atoms. The van der Waals surface area contributed by atoms with Gasteiger partial charge < -0.3 is 16.6 Å². The van der Waals surface area contributed by atoms with Crippen molar-refractivity contribution < 1.29 is 70.0 Å². The quantitative estimate of drug-likeness (QED) is 0.0592. The number of nitrogens with zero attached hydrogens (tertiary/aromatic N) is 4. The minimum absolute atomic E-state index is 0.0119. The molecule has 0 aliphatic rings. The molecule has 0 aromatic heterocycles. The van der Waals surface area contributed by atoms with E-state index < -0.39 is 125 Å². The Bertz CT molecular complexity index is 3060. The van der Waals surface area contributed by atoms with E-state index >= 15 is 0 Å². The van der Waals surface area contributed by atoms with Gasteiger partial charge in [-0.15, -0.1) is 20.5 Å². The van der Waals surface area contributed by atoms with Crippen LogP contribution in [0.1, 0.15) is 0 Å². The van der Waals surface area contributed by atoms with E-state index in [1.807, 2.05) is 0 Å². The molecule has 0 aliphatic heterocycles. The molecule has 5 aromatic rings. The van der Waals surface area contributed by atoms with Crippen molar-refractivity contribution in [1.82, 2.24) is 0 Å². The third kappa shape index (κ3) is 7.78. The summed E-state index contributed by atoms with van der Waals surface area (Å²) in [4.78, 5) is -5.27. The fourth-order valence-corrected chi connectivity index (χ4v) is 8.18. The number of aromatic hydroxyl groups is 1. The SMILES string of the molecule is Nc1ccc(S(=O)(=O)O)c(N=Nc2c(S(=O)(=O)O)cc3cc(S(=O)(=O)O)c(N=Nc4ccc5ccc(S(=O)(=O)O)cc5c4S(=O)(=O)O)c(O)c3c2N)c1. The van der Waals surface area contributed by atoms with Crippen molar-refractivity contribution in [2.45, 2.75) is 24.5 Å². The number of nitrogens with two attached hydrogens (primary N) is 2. The highest BCUT2D eigenvalue weighted by Crippen LogP contribution is 2.49. The second-order valence-corrected chi connectivity index (χ2v) is 17.6. The van der Waals surface area contributed by atoms with Gasteiger partial charge in [-0.3, -0.25) is 22.8 Å². The minimum Gasteiger partial charge on any atom is -0.505 e. The molecule has 53 heavy (non-hydrogen) atoms. The zero-order chi connectivity index (χ0) is 39.6. The Labute approximate surface area is 297 Å². The van der Waals surface area contributed by atoms with E-state index in [4.69, 9.17) is 11.5 Å². The topological polar surface area (TPSA) is 394 Å². The molecule has 0 amide bonds. The number of hydrogen-bond donors (Lipinski definition) is 8. The van der Waals surface area contributed by atoms with Gasteiger partial charge in [0.2, 0.25) is 0 Å². The minimum atomic E-state index is -5.45. The fraction of sp³-hybridized carbons (Fsp3) is 0. The average Bonchev–Trinajstić information content (AvgIpc) is 3.00. The summed E-state index contributed by atoms with van der Waals surface area (Å²) in [5, 5.41) is 23.7. The number of rotatable bonds is 9. The Balaban J connectivity index is 1.83. The fourth-order valence-electron chi connectivity index (χ4n) is 4.91. The van der Waals surface area contributed by atoms with E-state index in [1.54, 1.807) is 0 Å². The molecule has 0 atom stereocenters. The second kappa shape index (κ2) is 13.0. The molecule has 5 rings (SSSR count). The van der Waals surface area contributed by atoms with Gasteiger partial charge in [-0.2, -0.15) is 42.1 Å². The van der Waals surface area contributed by atoms with Crippen molar-refractivity contribution in [3.8, 4) is 5.75 Å². The first kappa shape index (κ1) is 39.0. The van der Waals surface area contributed by atoms with E-state index in [0.717, 1.165) is 42.5 Å². The van der Waals surface area contributed by atoms with Crippen LogP contribution in [0.15, 0.2) is 106 Å². The highest BCUT2D eigenvalue weighted by Gasteiger charge is 2.29. The lowest BCUT2D eigenvalue weighted by Crippen LogP contribution is -2.04. The van der Waals surface area contributed by atoms with E-state index in [2.05, 4.69) is 20.5 Å². The summed E-state index contributed by atoms with van der Waals surface area (Å²) in [7, 11) is -26.0. The summed E-state index contributed by atoms with van der Waals surface area (Å²) >= 11 is 0. The van der Waals surface area contributed by atoms with Gasteiger partial charge in [-0.05, 0) is 59.3 Å². The molecular weight excluding hydrogens is 813 g/mol. The lowest BCUT2D eigenvalue weighted by molar-refractivity contribution is 0.472. The highest BCUT2D eigenvalue weighted by molar-refractivity contribution is 7.87. The maximum atomic E-state index is 12.5. The normalized spacial score (nSPS) is 13.5. The smallest absolute Gasteiger partial charge is 0.297 e. The molecule has 10 N–H and O–H groups in total. The summed E-state index contributed by atoms with van der Waals surface area (Å²) in [6, 6.07) is 8.49. The zero-order valence-electron chi connectivity index (χ0n) is 25.5. The van der Waals surface area contributed by atoms with Gasteiger partial charge in [-0.25, -0.2) is 0 Å². The number of phenols is 1. The van der Waals surface area contributed by atoms with Crippen molar-refractivity contribution >= 4 is 106 Å². The van der Waals surface area contributed by atoms with Crippen LogP contribution in [-0.2, 0) is 50.6 Å². The third-order valence-electron chi connectivity index (χ3n) is 7.13. The number of azo groups is 2. The van der Waals surface area contributed by atoms with Gasteiger partial charge in [0.05, 0.1) is 16.0 Å². The molecule has 0 bridgehead atoms. The van der Waals surface area contributed by atoms with Crippen molar-refractivity contribution in [2.24, 2.45) is 20.5 Å². The van der Waals surface area contributed by atoms with Crippen LogP contribution >= 0.6 is 0 Å². The van der Waals surface area contributed by atoms with Crippen LogP contribution in [0.2, 0.25) is 0 Å². The second-order valence-electron chi connectivity index (χ2n) is 10.6. The van der Waals surface area contributed by atoms with Gasteiger partial charge in [0.15, 0.2) is 5.75 Å². The van der Waals surface area contributed by atoms with Crippen molar-refractivity contribution in [3.05, 3.63) is 60.7 Å². The van der Waals surface area contributed by atoms with E-state index in [-0.39, 0.29) is 11.1 Å². The average molecular weight is 833 g/mol. The summed E-state index contributed by atoms with van der Waals surface area (Å²) < 4.78 is 171. The number of benzene rings is 5. The lowest BCUT2D eigenvalue weighted by Gasteiger charge is -2.14. The number of nitrogen functional groups attached to an aromatic ring is 2. The van der Waals surface area contributed by atoms with E-state index in [1.165, 1.54) is 0 Å². The maximum Gasteiger partial charge on any atom is 0.297 e. The molecule has 0 aliphatic carbocycles. The maximum absolute atomic E-state index is 12.5. The Hall–Kier alpha value is -5.23. The monoisotopic (exact) mass is 832 g/mol. The third-order valence-corrected chi connectivity index (χ3v) is 11.6. The van der Waals surface area contributed by atoms with Gasteiger partial charge >= 0.3 is 0 Å². The van der Waals surface area contributed by atoms with E-state index in [0.29, 0.717) is 18.2 Å². The molecule has 280 valence electrons. The van der Waals surface area contributed by atoms with Crippen molar-refractivity contribution in [2.75, 3.05) is 11.5 Å². The van der Waals surface area contributed by atoms with Gasteiger partial charge in [-0.1, -0.05) is 12.1 Å². The zero-order valence-corrected chi connectivity index (χ0v) is 29.6. The summed E-state index contributed by atoms with van der Waals surface area (Å²) in [5.41, 5.74) is 7.07. The molecule has 22 nitrogen and oxygen atoms in total. The molecule has 0 unspecified atom stereocenters. The summed E-state index contributed by atoms with van der Waals surface area (Å²) in [6.45, 7) is 0. The Kier molecular flexibility index (Phi) is 9.57. The first-order valence-corrected chi connectivity index (χ1v) is 20.7. The van der Waals surface area contributed by atoms with Crippen LogP contribution in [0.5, 0.6) is 5.75 Å². The Morgan fingerprint density at radius 2 is 1.02 bits per heavy atom. The number of anilines is 2. The predicted molar refractivity (Wildman–Crippen MR) is 182 cm³/mol. The van der Waals surface area contributed by atoms with Crippen LogP contribution in [0.3, 0.4) is 0 Å². The molecule has 27 heteroatoms. The first-order chi connectivity index (χ1) is 24.2. The van der Waals surface area contributed by atoms with Crippen LogP contribution < -0.4 is 11.5 Å². The standard InChI is InChI=1S/C26H20N6O16S5/c27-13-3-6-18(50(37,38)39)17(9-13)30-31-23-19(51(40,41)42)7-12-8-20(52(43,44)45)24(25(33)21(12)22(23)28)32-29-16-5-2-11-1-4-14(49(34,35)36)10-15(11)26(16)53(46,47)48/h1-10,33H,27-28H2,(H,34,35,36)(H,37,38,39)(H,40,41,42)(H,43,44,45)(H,46,47,48). The van der Waals surface area contributed by atoms with E-state index in [9.17, 15) is 70.0 Å². The molecule has 0 saturated carbocycles. The molecule has 0 radical (unpaired) electrons. The van der Waals surface area contributed by atoms with Crippen LogP contribution in [-0.4, -0.2) is 70.0 Å². The molecule has 5 aromatic carbocycles. The predicted octanol–water partition coefficient (Wildman–Crippen LogP) is 3.93. The van der Waals surface area contributed by atoms with Gasteiger partial charge in [0.25, 0.3) is 50.6 Å². The van der Waals surface area contributed by atoms with Gasteiger partial charge in [0.1, 0.15) is 42.3 Å². The lowest BCUT2D eigenvalue weighted by atomic mass is 10.1. The number of fused-ring (bicyclic) bond motifs is 2. The summed E-state index contributed by atoms with van der Waals surface area (Å²) in [6.07, 6.45) is 0. The summed E-state index contributed by atoms with van der Waals surface area (Å²) in [5.74, 6) is -1.31. The van der Waals surface area contributed by atoms with Crippen LogP contribution in [0.4, 0.5) is 34.1 Å². The van der Waals surface area contributed by atoms with Gasteiger partial charge in [0, 0.05) is 11.1 Å². The van der Waals surface area contributed by atoms with Crippen molar-refractivity contribution in [3.63, 3.8) is 0 Å².